The van der Waals surface area contributed by atoms with Gasteiger partial charge in [-0.1, -0.05) is 6.07 Å². The zero-order valence-corrected chi connectivity index (χ0v) is 14.6. The fourth-order valence-corrected chi connectivity index (χ4v) is 3.21. The first-order chi connectivity index (χ1) is 12.0. The first-order valence-corrected chi connectivity index (χ1v) is 8.18. The van der Waals surface area contributed by atoms with Crippen molar-refractivity contribution < 1.29 is 18.7 Å². The second-order valence-corrected chi connectivity index (χ2v) is 6.43. The van der Waals surface area contributed by atoms with Gasteiger partial charge in [0.05, 0.1) is 19.8 Å². The molecular formula is C17H23FN4O3. The molecule has 1 saturated heterocycles. The maximum absolute atomic E-state index is 13.8. The predicted molar refractivity (Wildman–Crippen MR) is 88.5 cm³/mol. The summed E-state index contributed by atoms with van der Waals surface area (Å²) < 4.78 is 24.2. The van der Waals surface area contributed by atoms with Crippen molar-refractivity contribution in [2.45, 2.75) is 32.2 Å². The summed E-state index contributed by atoms with van der Waals surface area (Å²) in [5, 5.41) is 18.2. The maximum atomic E-state index is 13.8. The van der Waals surface area contributed by atoms with Crippen LogP contribution in [-0.4, -0.2) is 64.5 Å². The van der Waals surface area contributed by atoms with Gasteiger partial charge < -0.3 is 14.3 Å². The highest BCUT2D eigenvalue weighted by atomic mass is 19.1. The summed E-state index contributed by atoms with van der Waals surface area (Å²) >= 11 is 0. The number of hydrogen-bond acceptors (Lipinski definition) is 7. The summed E-state index contributed by atoms with van der Waals surface area (Å²) in [5.41, 5.74) is 0.848. The summed E-state index contributed by atoms with van der Waals surface area (Å²) in [6, 6.07) is 4.89. The fraction of sp³-hybridized carbons (Fsp3) is 0.529. The van der Waals surface area contributed by atoms with Crippen LogP contribution in [0, 0.1) is 12.7 Å². The molecule has 2 aromatic rings. The molecule has 1 aliphatic heterocycles. The van der Waals surface area contributed by atoms with E-state index in [1.807, 2.05) is 18.0 Å². The Morgan fingerprint density at radius 3 is 2.84 bits per heavy atom. The van der Waals surface area contributed by atoms with Gasteiger partial charge in [-0.15, -0.1) is 10.2 Å². The van der Waals surface area contributed by atoms with E-state index in [0.717, 1.165) is 5.56 Å². The van der Waals surface area contributed by atoms with Crippen molar-refractivity contribution in [3.05, 3.63) is 41.4 Å². The van der Waals surface area contributed by atoms with E-state index in [9.17, 15) is 9.50 Å². The highest BCUT2D eigenvalue weighted by molar-refractivity contribution is 5.29. The molecule has 1 fully saturated rings. The number of rotatable bonds is 6. The van der Waals surface area contributed by atoms with Crippen LogP contribution in [-0.2, 0) is 13.1 Å². The molecule has 3 rings (SSSR count). The zero-order valence-electron chi connectivity index (χ0n) is 14.6. The highest BCUT2D eigenvalue weighted by Crippen LogP contribution is 2.22. The normalized spacial score (nSPS) is 21.2. The van der Waals surface area contributed by atoms with E-state index in [2.05, 4.69) is 15.1 Å². The molecule has 0 spiro atoms. The Bertz CT molecular complexity index is 724. The molecule has 1 aromatic heterocycles. The van der Waals surface area contributed by atoms with Crippen LogP contribution in [0.3, 0.4) is 0 Å². The van der Waals surface area contributed by atoms with Crippen molar-refractivity contribution in [2.75, 3.05) is 27.2 Å². The van der Waals surface area contributed by atoms with E-state index >= 15 is 0 Å². The van der Waals surface area contributed by atoms with Gasteiger partial charge >= 0.3 is 0 Å². The molecule has 25 heavy (non-hydrogen) atoms. The Hall–Kier alpha value is -2.03. The number of likely N-dealkylation sites (N-methyl/N-ethyl adjacent to an activating group) is 1. The first kappa shape index (κ1) is 17.8. The Labute approximate surface area is 146 Å². The minimum Gasteiger partial charge on any atom is -0.494 e. The molecule has 0 radical (unpaired) electrons. The summed E-state index contributed by atoms with van der Waals surface area (Å²) in [4.78, 5) is 4.11. The lowest BCUT2D eigenvalue weighted by molar-refractivity contribution is 0.0899. The Balaban J connectivity index is 1.59. The van der Waals surface area contributed by atoms with Gasteiger partial charge in [-0.25, -0.2) is 4.39 Å². The Morgan fingerprint density at radius 1 is 1.40 bits per heavy atom. The maximum Gasteiger partial charge on any atom is 0.230 e. The molecule has 0 amide bonds. The molecule has 1 unspecified atom stereocenters. The van der Waals surface area contributed by atoms with E-state index in [-0.39, 0.29) is 17.6 Å². The number of hydrogen-bond donors (Lipinski definition) is 1. The van der Waals surface area contributed by atoms with Gasteiger partial charge in [0.15, 0.2) is 11.6 Å². The molecule has 1 N–H and O–H groups in total. The minimum atomic E-state index is -0.489. The van der Waals surface area contributed by atoms with Crippen molar-refractivity contribution in [1.82, 2.24) is 20.0 Å². The number of aliphatic hydroxyl groups is 1. The van der Waals surface area contributed by atoms with Crippen LogP contribution < -0.4 is 4.74 Å². The zero-order chi connectivity index (χ0) is 18.0. The van der Waals surface area contributed by atoms with E-state index in [0.29, 0.717) is 38.0 Å². The molecule has 136 valence electrons. The van der Waals surface area contributed by atoms with E-state index in [4.69, 9.17) is 9.15 Å². The SMILES string of the molecule is COc1ccc(CN2CC(N(C)Cc3nnc(C)o3)[C@H](O)C2)cc1F. The quantitative estimate of drug-likeness (QED) is 0.839. The summed E-state index contributed by atoms with van der Waals surface area (Å²) in [7, 11) is 3.37. The van der Waals surface area contributed by atoms with Gasteiger partial charge in [-0.3, -0.25) is 9.80 Å². The third-order valence-corrected chi connectivity index (χ3v) is 4.48. The van der Waals surface area contributed by atoms with Gasteiger partial charge in [-0.05, 0) is 24.7 Å². The molecule has 0 bridgehead atoms. The number of benzene rings is 1. The fourth-order valence-electron chi connectivity index (χ4n) is 3.21. The van der Waals surface area contributed by atoms with Crippen molar-refractivity contribution >= 4 is 0 Å². The number of aliphatic hydroxyl groups excluding tert-OH is 1. The monoisotopic (exact) mass is 350 g/mol. The molecule has 0 aliphatic carbocycles. The smallest absolute Gasteiger partial charge is 0.230 e. The Kier molecular flexibility index (Phi) is 5.31. The van der Waals surface area contributed by atoms with Crippen molar-refractivity contribution in [3.63, 3.8) is 0 Å². The van der Waals surface area contributed by atoms with Crippen LogP contribution >= 0.6 is 0 Å². The second-order valence-electron chi connectivity index (χ2n) is 6.43. The average Bonchev–Trinajstić information content (AvgIpc) is 3.13. The standard InChI is InChI=1S/C17H23FN4O3/c1-11-19-20-17(25-11)10-21(2)14-8-22(9-15(14)23)7-12-4-5-16(24-3)13(18)6-12/h4-6,14-15,23H,7-10H2,1-3H3/t14?,15-/m1/s1. The first-order valence-electron chi connectivity index (χ1n) is 8.18. The topological polar surface area (TPSA) is 74.9 Å². The number of aromatic nitrogens is 2. The summed E-state index contributed by atoms with van der Waals surface area (Å²) in [6.07, 6.45) is -0.489. The predicted octanol–water partition coefficient (Wildman–Crippen LogP) is 1.20. The summed E-state index contributed by atoms with van der Waals surface area (Å²) in [6.45, 7) is 4.01. The lowest BCUT2D eigenvalue weighted by Gasteiger charge is -2.25. The third-order valence-electron chi connectivity index (χ3n) is 4.48. The lowest BCUT2D eigenvalue weighted by atomic mass is 10.2. The van der Waals surface area contributed by atoms with E-state index in [1.165, 1.54) is 13.2 Å². The molecule has 2 atom stereocenters. The molecule has 2 heterocycles. The molecule has 8 heteroatoms. The van der Waals surface area contributed by atoms with Gasteiger partial charge in [0.25, 0.3) is 0 Å². The van der Waals surface area contributed by atoms with Crippen molar-refractivity contribution in [1.29, 1.82) is 0 Å². The van der Waals surface area contributed by atoms with Crippen LogP contribution in [0.5, 0.6) is 5.75 Å². The minimum absolute atomic E-state index is 0.0460. The number of β-amino-alcohol motifs (C(OH)–C–C–N with tert-alkyl or cyclic N) is 1. The number of methoxy groups -OCH3 is 1. The van der Waals surface area contributed by atoms with E-state index < -0.39 is 6.10 Å². The highest BCUT2D eigenvalue weighted by Gasteiger charge is 2.34. The lowest BCUT2D eigenvalue weighted by Crippen LogP contribution is -2.40. The van der Waals surface area contributed by atoms with Crippen molar-refractivity contribution in [2.24, 2.45) is 0 Å². The number of ether oxygens (including phenoxy) is 1. The number of halogens is 1. The second kappa shape index (κ2) is 7.47. The largest absolute Gasteiger partial charge is 0.494 e. The molecule has 0 saturated carbocycles. The number of likely N-dealkylation sites (tertiary alicyclic amines) is 1. The van der Waals surface area contributed by atoms with Crippen LogP contribution in [0.15, 0.2) is 22.6 Å². The molecule has 1 aliphatic rings. The number of nitrogens with zero attached hydrogens (tertiary/aromatic N) is 4. The van der Waals surface area contributed by atoms with Crippen molar-refractivity contribution in [3.8, 4) is 5.75 Å². The van der Waals surface area contributed by atoms with Crippen LogP contribution in [0.4, 0.5) is 4.39 Å². The van der Waals surface area contributed by atoms with Crippen LogP contribution in [0.25, 0.3) is 0 Å². The van der Waals surface area contributed by atoms with Gasteiger partial charge in [0.1, 0.15) is 0 Å². The average molecular weight is 350 g/mol. The summed E-state index contributed by atoms with van der Waals surface area (Å²) in [5.74, 6) is 0.916. The molecular weight excluding hydrogens is 327 g/mol. The van der Waals surface area contributed by atoms with Gasteiger partial charge in [0, 0.05) is 32.6 Å². The number of aryl methyl sites for hydroxylation is 1. The van der Waals surface area contributed by atoms with Gasteiger partial charge in [0.2, 0.25) is 11.8 Å². The molecule has 1 aromatic carbocycles. The molecule has 7 nitrogen and oxygen atoms in total. The van der Waals surface area contributed by atoms with Crippen LogP contribution in [0.2, 0.25) is 0 Å². The van der Waals surface area contributed by atoms with E-state index in [1.54, 1.807) is 13.0 Å². The third kappa shape index (κ3) is 4.15. The Morgan fingerprint density at radius 2 is 2.20 bits per heavy atom. The van der Waals surface area contributed by atoms with Crippen LogP contribution in [0.1, 0.15) is 17.3 Å². The van der Waals surface area contributed by atoms with Gasteiger partial charge in [-0.2, -0.15) is 0 Å².